The molecule has 0 atom stereocenters. The molecule has 0 radical (unpaired) electrons. The summed E-state index contributed by atoms with van der Waals surface area (Å²) < 4.78 is 2.20. The van der Waals surface area contributed by atoms with Crippen molar-refractivity contribution in [3.05, 3.63) is 44.1 Å². The molecule has 3 saturated carbocycles. The number of rotatable bonds is 4. The second-order valence-corrected chi connectivity index (χ2v) is 12.2. The predicted octanol–water partition coefficient (Wildman–Crippen LogP) is 8.93. The van der Waals surface area contributed by atoms with Gasteiger partial charge in [-0.3, -0.25) is 10.1 Å². The van der Waals surface area contributed by atoms with Crippen LogP contribution in [0.15, 0.2) is 18.2 Å². The summed E-state index contributed by atoms with van der Waals surface area (Å²) in [5, 5.41) is 13.5. The maximum Gasteiger partial charge on any atom is 0.229 e. The number of aromatic nitrogens is 2. The van der Waals surface area contributed by atoms with Gasteiger partial charge < -0.3 is 9.67 Å². The topological polar surface area (TPSA) is 162 Å². The number of nitrogens with one attached hydrogen (secondary N) is 2. The summed E-state index contributed by atoms with van der Waals surface area (Å²) in [5.41, 5.74) is 14.6. The number of amides is 1. The van der Waals surface area contributed by atoms with Gasteiger partial charge in [-0.1, -0.05) is 12.5 Å². The quantitative estimate of drug-likeness (QED) is 0.124. The van der Waals surface area contributed by atoms with Crippen LogP contribution in [-0.2, 0) is 10.4 Å². The highest BCUT2D eigenvalue weighted by Crippen LogP contribution is 2.58. The Morgan fingerprint density at radius 2 is 1.30 bits per heavy atom. The molecule has 54 heavy (non-hydrogen) atoms. The molecule has 3 aliphatic carbocycles. The Bertz CT molecular complexity index is 2390. The average Bonchev–Trinajstić information content (AvgIpc) is 3.43. The van der Waals surface area contributed by atoms with E-state index in [1.165, 1.54) is 25.7 Å². The molecule has 10 heteroatoms. The number of carbonyl (C=O) groups excluding carboxylic acids is 1. The summed E-state index contributed by atoms with van der Waals surface area (Å²) >= 11 is 0. The maximum atomic E-state index is 12.8. The third-order valence-corrected chi connectivity index (χ3v) is 8.42. The SMILES string of the molecule is C#CC#CC#CC#CC#CC#CC#CC#CC#CC#CC#C.CC(C)(O)c1ccc2nc(NC(=O)C3CC4(CCC4)C3)n(C3CCC3)c2c1.O=O.[HH].[HH].[HH].[HH].[HH].[HH].[HH].[HH].[HH].[HH].[HH].[HH].[HH].[N-]=[N+]=N. The number of hydrogen-bond acceptors (Lipinski definition) is 6. The van der Waals surface area contributed by atoms with Gasteiger partial charge in [-0.25, -0.2) is 4.98 Å². The van der Waals surface area contributed by atoms with Crippen molar-refractivity contribution in [1.29, 1.82) is 5.53 Å². The molecule has 3 aliphatic rings. The zero-order chi connectivity index (χ0) is 39.7. The summed E-state index contributed by atoms with van der Waals surface area (Å²) in [7, 11) is 0. The summed E-state index contributed by atoms with van der Waals surface area (Å²) in [5.74, 6) is 49.2. The van der Waals surface area contributed by atoms with E-state index in [0.29, 0.717) is 17.4 Å². The number of aliphatic hydroxyl groups is 1. The number of fused-ring (bicyclic) bond motifs is 1. The van der Waals surface area contributed by atoms with Crippen LogP contribution in [0.25, 0.3) is 21.5 Å². The molecule has 5 rings (SSSR count). The monoisotopic (exact) mass is 734 g/mol. The van der Waals surface area contributed by atoms with Gasteiger partial charge in [-0.15, -0.1) is 18.4 Å². The van der Waals surface area contributed by atoms with Crippen molar-refractivity contribution in [2.75, 3.05) is 5.32 Å². The first-order valence-electron chi connectivity index (χ1n) is 16.3. The van der Waals surface area contributed by atoms with Crippen molar-refractivity contribution < 1.29 is 28.4 Å². The Hall–Kier alpha value is -7.81. The molecular weight excluding hydrogens is 677 g/mol. The van der Waals surface area contributed by atoms with E-state index in [-0.39, 0.29) is 30.4 Å². The fraction of sp³-hybridized carbons (Fsp3) is 0.318. The number of benzene rings is 1. The fourth-order valence-corrected chi connectivity index (χ4v) is 5.62. The van der Waals surface area contributed by atoms with Crippen molar-refractivity contribution in [2.24, 2.45) is 11.3 Å². The molecule has 0 unspecified atom stereocenters. The van der Waals surface area contributed by atoms with Crippen molar-refractivity contribution >= 4 is 22.9 Å². The zero-order valence-corrected chi connectivity index (χ0v) is 29.7. The molecule has 3 fully saturated rings. The van der Waals surface area contributed by atoms with Crippen LogP contribution in [0.3, 0.4) is 0 Å². The first-order chi connectivity index (χ1) is 26.2. The molecule has 1 spiro atoms. The highest BCUT2D eigenvalue weighted by Gasteiger charge is 2.50. The van der Waals surface area contributed by atoms with E-state index in [9.17, 15) is 9.90 Å². The molecule has 0 saturated heterocycles. The minimum Gasteiger partial charge on any atom is -0.386 e. The number of terminal acetylenes is 2. The maximum absolute atomic E-state index is 12.8. The smallest absolute Gasteiger partial charge is 0.229 e. The minimum absolute atomic E-state index is 0. The number of carbonyl (C=O) groups is 1. The fourth-order valence-electron chi connectivity index (χ4n) is 5.62. The second-order valence-electron chi connectivity index (χ2n) is 12.2. The zero-order valence-electron chi connectivity index (χ0n) is 29.7. The van der Waals surface area contributed by atoms with Gasteiger partial charge in [0, 0.05) is 64.1 Å². The van der Waals surface area contributed by atoms with E-state index in [1.54, 1.807) is 18.8 Å². The number of anilines is 1. The van der Waals surface area contributed by atoms with Crippen LogP contribution in [0.4, 0.5) is 5.95 Å². The molecule has 0 aliphatic heterocycles. The largest absolute Gasteiger partial charge is 0.386 e. The van der Waals surface area contributed by atoms with Gasteiger partial charge in [0.1, 0.15) is 0 Å². The van der Waals surface area contributed by atoms with Crippen LogP contribution in [-0.4, -0.2) is 20.6 Å². The average molecular weight is 735 g/mol. The Morgan fingerprint density at radius 3 is 1.63 bits per heavy atom. The van der Waals surface area contributed by atoms with Crippen molar-refractivity contribution in [3.8, 4) is 131 Å². The van der Waals surface area contributed by atoms with Gasteiger partial charge in [0.15, 0.2) is 0 Å². The van der Waals surface area contributed by atoms with E-state index in [1.807, 2.05) is 18.2 Å². The van der Waals surface area contributed by atoms with E-state index in [0.717, 1.165) is 42.3 Å². The van der Waals surface area contributed by atoms with Gasteiger partial charge in [0.25, 0.3) is 0 Å². The third kappa shape index (κ3) is 13.5. The summed E-state index contributed by atoms with van der Waals surface area (Å²) in [6.45, 7) is 3.60. The standard InChI is InChI=1S/C22H29N3O2.C22H2.HN3.O2.13H2/c1-21(2,27)15-7-8-17-18(11-15)25(16-5-3-6-16)20(23-17)24-19(26)14-12-22(13-14)9-4-10-22;1-3-5-7-9-11-13-15-17-19-21-22-20-18-16-14-12-10-8-6-4-2;1-3-2;1-2;;;;;;;;;;;;;/h7-8,11,14,16,27H,3-6,9-10,12-13H2,1-2H3,(H,23,24,26);1-2H;1H;;13*1H. The lowest BCUT2D eigenvalue weighted by Gasteiger charge is -2.53. The predicted molar refractivity (Wildman–Crippen MR) is 237 cm³/mol. The molecule has 1 aromatic heterocycles. The lowest BCUT2D eigenvalue weighted by atomic mass is 9.51. The number of imidazole rings is 1. The van der Waals surface area contributed by atoms with Gasteiger partial charge >= 0.3 is 0 Å². The van der Waals surface area contributed by atoms with Gasteiger partial charge in [0.05, 0.1) is 16.6 Å². The summed E-state index contributed by atoms with van der Waals surface area (Å²) in [6.07, 6.45) is 19.3. The molecule has 1 amide bonds. The van der Waals surface area contributed by atoms with E-state index >= 15 is 0 Å². The van der Waals surface area contributed by atoms with Gasteiger partial charge in [0.2, 0.25) is 11.9 Å². The van der Waals surface area contributed by atoms with Crippen LogP contribution < -0.4 is 5.32 Å². The van der Waals surface area contributed by atoms with Gasteiger partial charge in [-0.2, -0.15) is 0 Å². The number of nitrogens with zero attached hydrogens (tertiary/aromatic N) is 4. The molecular formula is C44H58N6O4. The van der Waals surface area contributed by atoms with E-state index in [2.05, 4.69) is 128 Å². The van der Waals surface area contributed by atoms with Crippen LogP contribution in [0, 0.1) is 158 Å². The molecule has 1 heterocycles. The summed E-state index contributed by atoms with van der Waals surface area (Å²) in [4.78, 5) is 33.3. The third-order valence-electron chi connectivity index (χ3n) is 8.42. The van der Waals surface area contributed by atoms with Crippen LogP contribution >= 0.6 is 0 Å². The normalized spacial score (nSPS) is 12.9. The van der Waals surface area contributed by atoms with Crippen LogP contribution in [0.5, 0.6) is 0 Å². The second kappa shape index (κ2) is 22.8. The molecule has 3 N–H and O–H groups in total. The van der Waals surface area contributed by atoms with Crippen LogP contribution in [0.2, 0.25) is 0 Å². The first-order valence-corrected chi connectivity index (χ1v) is 16.3. The highest BCUT2D eigenvalue weighted by atomic mass is 16.7. The van der Waals surface area contributed by atoms with Crippen LogP contribution in [0.1, 0.15) is 95.4 Å². The highest BCUT2D eigenvalue weighted by molar-refractivity contribution is 5.94. The Morgan fingerprint density at radius 1 is 0.870 bits per heavy atom. The lowest BCUT2D eigenvalue weighted by molar-refractivity contribution is -0.131. The van der Waals surface area contributed by atoms with Crippen molar-refractivity contribution in [1.82, 2.24) is 9.55 Å². The number of hydrogen-bond donors (Lipinski definition) is 3. The molecule has 1 aromatic carbocycles. The Kier molecular flexibility index (Phi) is 17.9. The van der Waals surface area contributed by atoms with Gasteiger partial charge in [-0.05, 0) is 187 Å². The molecule has 10 nitrogen and oxygen atoms in total. The Labute approximate surface area is 335 Å². The van der Waals surface area contributed by atoms with E-state index < -0.39 is 5.60 Å². The minimum atomic E-state index is -0.894. The lowest BCUT2D eigenvalue weighted by Crippen LogP contribution is -2.47. The van der Waals surface area contributed by atoms with Crippen molar-refractivity contribution in [2.45, 2.75) is 76.9 Å². The summed E-state index contributed by atoms with van der Waals surface area (Å²) in [6, 6.07) is 6.31. The first kappa shape index (κ1) is 42.4. The molecule has 2 aromatic rings. The van der Waals surface area contributed by atoms with Crippen molar-refractivity contribution in [3.63, 3.8) is 0 Å². The molecule has 288 valence electrons. The molecule has 0 bridgehead atoms. The van der Waals surface area contributed by atoms with E-state index in [4.69, 9.17) is 38.8 Å². The Balaban J connectivity index is -0.0000000709.